The van der Waals surface area contributed by atoms with Crippen LogP contribution in [0, 0.1) is 11.7 Å². The molecule has 0 saturated carbocycles. The molecule has 0 saturated heterocycles. The van der Waals surface area contributed by atoms with Crippen LogP contribution < -0.4 is 15.6 Å². The number of aliphatic imine (C=N–C) groups is 1. The number of carbonyl (C=O) groups is 2. The lowest BCUT2D eigenvalue weighted by atomic mass is 10.1. The Bertz CT molecular complexity index is 1340. The van der Waals surface area contributed by atoms with E-state index in [-0.39, 0.29) is 25.8 Å². The summed E-state index contributed by atoms with van der Waals surface area (Å²) in [4.78, 5) is 46.4. The van der Waals surface area contributed by atoms with Crippen molar-refractivity contribution in [3.05, 3.63) is 61.0 Å². The first kappa shape index (κ1) is 22.9. The third kappa shape index (κ3) is 4.60. The number of thiophene rings is 1. The van der Waals surface area contributed by atoms with Gasteiger partial charge in [0.2, 0.25) is 5.88 Å². The van der Waals surface area contributed by atoms with E-state index in [1.165, 1.54) is 14.2 Å². The minimum Gasteiger partial charge on any atom is -0.495 e. The number of rotatable bonds is 6. The van der Waals surface area contributed by atoms with Gasteiger partial charge in [0.1, 0.15) is 21.9 Å². The molecule has 4 N–H and O–H groups in total. The van der Waals surface area contributed by atoms with Crippen LogP contribution in [-0.4, -0.2) is 47.4 Å². The quantitative estimate of drug-likeness (QED) is 0.244. The second-order valence-corrected chi connectivity index (χ2v) is 7.72. The molecule has 32 heavy (non-hydrogen) atoms. The first-order valence-electron chi connectivity index (χ1n) is 9.02. The fourth-order valence-electron chi connectivity index (χ4n) is 2.80. The molecule has 0 bridgehead atoms. The molecule has 1 amide bonds. The highest BCUT2D eigenvalue weighted by molar-refractivity contribution is 7.71. The van der Waals surface area contributed by atoms with Gasteiger partial charge in [-0.1, -0.05) is 12.1 Å². The summed E-state index contributed by atoms with van der Waals surface area (Å²) in [7, 11) is 2.69. The number of nitrogens with zero attached hydrogens (tertiary/aromatic N) is 1. The topological polar surface area (TPSA) is 146 Å². The molecule has 0 radical (unpaired) electrons. The number of aromatic amines is 2. The Labute approximate surface area is 190 Å². The van der Waals surface area contributed by atoms with Gasteiger partial charge in [0.25, 0.3) is 11.5 Å². The van der Waals surface area contributed by atoms with Gasteiger partial charge in [0, 0.05) is 6.21 Å². The van der Waals surface area contributed by atoms with Crippen LogP contribution in [0.1, 0.15) is 31.2 Å². The molecule has 0 aliphatic heterocycles. The number of H-pyrrole nitrogens is 2. The number of hydrogen-bond donors (Lipinski definition) is 4. The maximum absolute atomic E-state index is 12.9. The molecule has 0 unspecified atom stereocenters. The average molecular weight is 475 g/mol. The SMILES string of the molecule is COC(=O)c1c(/N=C/c2c(O)[nH]c(=S)[nH]c2=O)sc(C(=O)Nc2ccccc2OC)c1C. The fourth-order valence-corrected chi connectivity index (χ4v) is 4.03. The van der Waals surface area contributed by atoms with Crippen molar-refractivity contribution in [3.8, 4) is 11.6 Å². The molecule has 0 atom stereocenters. The number of aromatic nitrogens is 2. The predicted molar refractivity (Wildman–Crippen MR) is 123 cm³/mol. The van der Waals surface area contributed by atoms with Gasteiger partial charge < -0.3 is 24.9 Å². The summed E-state index contributed by atoms with van der Waals surface area (Å²) in [5.41, 5.74) is 0.0108. The van der Waals surface area contributed by atoms with Crippen molar-refractivity contribution < 1.29 is 24.2 Å². The molecular weight excluding hydrogens is 456 g/mol. The molecule has 0 aliphatic carbocycles. The number of carbonyl (C=O) groups excluding carboxylic acids is 2. The molecule has 0 fully saturated rings. The summed E-state index contributed by atoms with van der Waals surface area (Å²) in [6.07, 6.45) is 1.07. The van der Waals surface area contributed by atoms with Crippen LogP contribution in [0.5, 0.6) is 11.6 Å². The third-order valence-corrected chi connectivity index (χ3v) is 5.75. The minimum absolute atomic E-state index is 0.0536. The van der Waals surface area contributed by atoms with Gasteiger partial charge in [-0.15, -0.1) is 11.3 Å². The maximum Gasteiger partial charge on any atom is 0.341 e. The second kappa shape index (κ2) is 9.58. The number of anilines is 1. The van der Waals surface area contributed by atoms with Gasteiger partial charge in [-0.3, -0.25) is 14.6 Å². The Morgan fingerprint density at radius 1 is 1.25 bits per heavy atom. The van der Waals surface area contributed by atoms with Crippen LogP contribution in [-0.2, 0) is 4.74 Å². The number of amides is 1. The average Bonchev–Trinajstić information content (AvgIpc) is 3.09. The number of methoxy groups -OCH3 is 2. The van der Waals surface area contributed by atoms with E-state index in [1.807, 2.05) is 0 Å². The van der Waals surface area contributed by atoms with E-state index in [9.17, 15) is 19.5 Å². The third-order valence-electron chi connectivity index (χ3n) is 4.35. The van der Waals surface area contributed by atoms with Crippen LogP contribution >= 0.6 is 23.6 Å². The minimum atomic E-state index is -0.701. The summed E-state index contributed by atoms with van der Waals surface area (Å²) in [6, 6.07) is 6.88. The van der Waals surface area contributed by atoms with E-state index in [2.05, 4.69) is 20.3 Å². The number of hydrogen-bond acceptors (Lipinski definition) is 9. The zero-order chi connectivity index (χ0) is 23.4. The Kier molecular flexibility index (Phi) is 6.85. The molecule has 166 valence electrons. The van der Waals surface area contributed by atoms with Gasteiger partial charge in [-0.2, -0.15) is 0 Å². The fraction of sp³-hybridized carbons (Fsp3) is 0.150. The number of ether oxygens (including phenoxy) is 2. The van der Waals surface area contributed by atoms with Crippen molar-refractivity contribution in [1.29, 1.82) is 0 Å². The number of nitrogens with one attached hydrogen (secondary N) is 3. The molecule has 2 heterocycles. The van der Waals surface area contributed by atoms with Crippen molar-refractivity contribution in [3.63, 3.8) is 0 Å². The van der Waals surface area contributed by atoms with E-state index in [0.29, 0.717) is 17.0 Å². The van der Waals surface area contributed by atoms with Gasteiger partial charge >= 0.3 is 5.97 Å². The van der Waals surface area contributed by atoms with Crippen LogP contribution in [0.4, 0.5) is 10.7 Å². The molecule has 3 aromatic rings. The van der Waals surface area contributed by atoms with Crippen LogP contribution in [0.25, 0.3) is 0 Å². The van der Waals surface area contributed by atoms with E-state index in [4.69, 9.17) is 21.7 Å². The summed E-state index contributed by atoms with van der Waals surface area (Å²) < 4.78 is 10.0. The van der Waals surface area contributed by atoms with E-state index >= 15 is 0 Å². The monoisotopic (exact) mass is 474 g/mol. The van der Waals surface area contributed by atoms with E-state index in [0.717, 1.165) is 17.6 Å². The zero-order valence-electron chi connectivity index (χ0n) is 17.1. The lowest BCUT2D eigenvalue weighted by Gasteiger charge is -2.09. The summed E-state index contributed by atoms with van der Waals surface area (Å²) in [6.45, 7) is 1.59. The summed E-state index contributed by atoms with van der Waals surface area (Å²) in [5, 5.41) is 12.8. The van der Waals surface area contributed by atoms with Crippen molar-refractivity contribution in [2.75, 3.05) is 19.5 Å². The van der Waals surface area contributed by atoms with Crippen LogP contribution in [0.15, 0.2) is 34.1 Å². The largest absolute Gasteiger partial charge is 0.495 e. The van der Waals surface area contributed by atoms with Crippen molar-refractivity contribution in [2.24, 2.45) is 4.99 Å². The second-order valence-electron chi connectivity index (χ2n) is 6.31. The molecule has 0 spiro atoms. The number of benzene rings is 1. The molecule has 0 aliphatic rings. The Morgan fingerprint density at radius 2 is 1.97 bits per heavy atom. The molecule has 1 aromatic carbocycles. The number of aromatic hydroxyl groups is 1. The molecular formula is C20H18N4O6S2. The summed E-state index contributed by atoms with van der Waals surface area (Å²) >= 11 is 5.72. The normalized spacial score (nSPS) is 10.8. The number of para-hydroxylation sites is 2. The summed E-state index contributed by atoms with van der Waals surface area (Å²) in [5.74, 6) is -1.19. The highest BCUT2D eigenvalue weighted by Gasteiger charge is 2.25. The van der Waals surface area contributed by atoms with Crippen LogP contribution in [0.2, 0.25) is 0 Å². The lowest BCUT2D eigenvalue weighted by Crippen LogP contribution is -2.13. The predicted octanol–water partition coefficient (Wildman–Crippen LogP) is 3.31. The van der Waals surface area contributed by atoms with E-state index < -0.39 is 23.3 Å². The lowest BCUT2D eigenvalue weighted by molar-refractivity contribution is 0.0601. The molecule has 2 aromatic heterocycles. The smallest absolute Gasteiger partial charge is 0.341 e. The highest BCUT2D eigenvalue weighted by atomic mass is 32.1. The first-order chi connectivity index (χ1) is 15.3. The Morgan fingerprint density at radius 3 is 2.62 bits per heavy atom. The standard InChI is InChI=1S/C20H18N4O6S2/c1-9-13(19(28)30-3)18(21-8-10-15(25)23-20(31)24-16(10)26)32-14(9)17(27)22-11-6-4-5-7-12(11)29-2/h4-8H,1-3H3,(H,22,27)(H3,23,24,25,26,31)/b21-8+. The highest BCUT2D eigenvalue weighted by Crippen LogP contribution is 2.37. The van der Waals surface area contributed by atoms with Gasteiger partial charge in [-0.05, 0) is 36.8 Å². The number of esters is 1. The molecule has 12 heteroatoms. The zero-order valence-corrected chi connectivity index (χ0v) is 18.8. The van der Waals surface area contributed by atoms with Gasteiger partial charge in [-0.25, -0.2) is 9.79 Å². The molecule has 10 nitrogen and oxygen atoms in total. The Balaban J connectivity index is 2.04. The van der Waals surface area contributed by atoms with Gasteiger partial charge in [0.05, 0.1) is 24.8 Å². The van der Waals surface area contributed by atoms with Crippen molar-refractivity contribution in [1.82, 2.24) is 9.97 Å². The van der Waals surface area contributed by atoms with E-state index in [1.54, 1.807) is 31.2 Å². The van der Waals surface area contributed by atoms with Crippen LogP contribution in [0.3, 0.4) is 0 Å². The van der Waals surface area contributed by atoms with Gasteiger partial charge in [0.15, 0.2) is 4.77 Å². The first-order valence-corrected chi connectivity index (χ1v) is 10.2. The molecule has 3 rings (SSSR count). The van der Waals surface area contributed by atoms with Crippen molar-refractivity contribution in [2.45, 2.75) is 6.92 Å². The maximum atomic E-state index is 12.9. The van der Waals surface area contributed by atoms with Crippen molar-refractivity contribution >= 4 is 52.3 Å². The Hall–Kier alpha value is -3.77.